The van der Waals surface area contributed by atoms with Gasteiger partial charge in [0.05, 0.1) is 7.11 Å². The van der Waals surface area contributed by atoms with E-state index in [-0.39, 0.29) is 17.4 Å². The van der Waals surface area contributed by atoms with Crippen LogP contribution in [0.15, 0.2) is 42.5 Å². The third kappa shape index (κ3) is 5.44. The van der Waals surface area contributed by atoms with E-state index in [2.05, 4.69) is 23.9 Å². The van der Waals surface area contributed by atoms with Crippen LogP contribution in [0.3, 0.4) is 0 Å². The van der Waals surface area contributed by atoms with Crippen molar-refractivity contribution in [3.05, 3.63) is 59.2 Å². The Morgan fingerprint density at radius 2 is 1.77 bits per heavy atom. The first-order chi connectivity index (χ1) is 12.4. The number of methoxy groups -OCH3 is 1. The molecule has 26 heavy (non-hydrogen) atoms. The Hall–Kier alpha value is -2.63. The van der Waals surface area contributed by atoms with Crippen LogP contribution in [0.2, 0.25) is 0 Å². The maximum Gasteiger partial charge on any atom is 0.387 e. The summed E-state index contributed by atoms with van der Waals surface area (Å²) < 4.78 is 34.1. The average Bonchev–Trinajstić information content (AvgIpc) is 2.62. The van der Waals surface area contributed by atoms with Crippen molar-refractivity contribution in [2.75, 3.05) is 13.7 Å². The van der Waals surface area contributed by atoms with E-state index in [1.54, 1.807) is 12.1 Å². The molecule has 0 aromatic heterocycles. The van der Waals surface area contributed by atoms with Gasteiger partial charge in [0.15, 0.2) is 11.5 Å². The maximum absolute atomic E-state index is 12.3. The Bertz CT molecular complexity index is 730. The van der Waals surface area contributed by atoms with E-state index in [1.165, 1.54) is 18.7 Å². The summed E-state index contributed by atoms with van der Waals surface area (Å²) >= 11 is 0. The Kier molecular flexibility index (Phi) is 6.95. The van der Waals surface area contributed by atoms with E-state index in [4.69, 9.17) is 4.74 Å². The number of hydrogen-bond donors (Lipinski definition) is 1. The third-order valence-electron chi connectivity index (χ3n) is 3.98. The minimum atomic E-state index is -2.91. The monoisotopic (exact) mass is 363 g/mol. The highest BCUT2D eigenvalue weighted by Crippen LogP contribution is 2.29. The molecule has 4 nitrogen and oxygen atoms in total. The molecule has 1 amide bonds. The molecule has 1 N–H and O–H groups in total. The number of rotatable bonds is 8. The van der Waals surface area contributed by atoms with Crippen molar-refractivity contribution in [3.8, 4) is 11.5 Å². The summed E-state index contributed by atoms with van der Waals surface area (Å²) in [4.78, 5) is 12.2. The summed E-state index contributed by atoms with van der Waals surface area (Å²) in [6.45, 7) is 1.71. The van der Waals surface area contributed by atoms with E-state index in [9.17, 15) is 13.6 Å². The number of benzene rings is 2. The summed E-state index contributed by atoms with van der Waals surface area (Å²) in [5, 5.41) is 2.85. The molecule has 0 heterocycles. The van der Waals surface area contributed by atoms with Gasteiger partial charge in [-0.3, -0.25) is 4.79 Å². The lowest BCUT2D eigenvalue weighted by Gasteiger charge is -2.12. The molecule has 0 aliphatic rings. The quantitative estimate of drug-likeness (QED) is 0.757. The van der Waals surface area contributed by atoms with Crippen LogP contribution >= 0.6 is 0 Å². The lowest BCUT2D eigenvalue weighted by Crippen LogP contribution is -2.25. The van der Waals surface area contributed by atoms with Crippen LogP contribution in [0.5, 0.6) is 11.5 Å². The van der Waals surface area contributed by atoms with Gasteiger partial charge in [-0.2, -0.15) is 8.78 Å². The fourth-order valence-corrected chi connectivity index (χ4v) is 2.50. The molecular weight excluding hydrogens is 340 g/mol. The molecular formula is C20H23F2NO3. The van der Waals surface area contributed by atoms with Gasteiger partial charge < -0.3 is 14.8 Å². The number of hydrogen-bond acceptors (Lipinski definition) is 3. The molecule has 0 saturated carbocycles. The second-order valence-electron chi connectivity index (χ2n) is 6.15. The van der Waals surface area contributed by atoms with E-state index in [0.29, 0.717) is 24.4 Å². The number of amides is 1. The third-order valence-corrected chi connectivity index (χ3v) is 3.98. The van der Waals surface area contributed by atoms with Crippen molar-refractivity contribution in [1.29, 1.82) is 0 Å². The largest absolute Gasteiger partial charge is 0.493 e. The fourth-order valence-electron chi connectivity index (χ4n) is 2.50. The zero-order valence-electron chi connectivity index (χ0n) is 15.1. The number of nitrogens with one attached hydrogen (secondary N) is 1. The zero-order chi connectivity index (χ0) is 19.1. The Balaban J connectivity index is 1.91. The molecule has 2 aromatic rings. The number of halogens is 2. The average molecular weight is 363 g/mol. The molecule has 0 aliphatic heterocycles. The van der Waals surface area contributed by atoms with Crippen LogP contribution in [-0.4, -0.2) is 26.2 Å². The van der Waals surface area contributed by atoms with Gasteiger partial charge in [-0.15, -0.1) is 0 Å². The molecule has 2 aromatic carbocycles. The minimum absolute atomic E-state index is 0.0134. The van der Waals surface area contributed by atoms with Crippen molar-refractivity contribution in [1.82, 2.24) is 5.32 Å². The van der Waals surface area contributed by atoms with Crippen LogP contribution in [0.4, 0.5) is 8.78 Å². The lowest BCUT2D eigenvalue weighted by atomic mass is 10.0. The Labute approximate surface area is 152 Å². The number of alkyl halides is 2. The topological polar surface area (TPSA) is 47.6 Å². The van der Waals surface area contributed by atoms with Crippen molar-refractivity contribution < 1.29 is 23.0 Å². The number of ether oxygens (including phenoxy) is 2. The fraction of sp³-hybridized carbons (Fsp3) is 0.350. The van der Waals surface area contributed by atoms with Gasteiger partial charge in [-0.05, 0) is 47.7 Å². The Morgan fingerprint density at radius 3 is 2.35 bits per heavy atom. The number of carbonyl (C=O) groups is 1. The highest BCUT2D eigenvalue weighted by Gasteiger charge is 2.11. The van der Waals surface area contributed by atoms with Crippen LogP contribution in [0.1, 0.15) is 41.3 Å². The first kappa shape index (κ1) is 19.7. The lowest BCUT2D eigenvalue weighted by molar-refractivity contribution is -0.0512. The van der Waals surface area contributed by atoms with Crippen molar-refractivity contribution in [3.63, 3.8) is 0 Å². The van der Waals surface area contributed by atoms with Gasteiger partial charge in [0.25, 0.3) is 5.91 Å². The second kappa shape index (κ2) is 9.17. The van der Waals surface area contributed by atoms with E-state index in [1.807, 2.05) is 24.3 Å². The molecule has 0 saturated heterocycles. The molecule has 0 aliphatic carbocycles. The van der Waals surface area contributed by atoms with Crippen molar-refractivity contribution >= 4 is 5.91 Å². The van der Waals surface area contributed by atoms with Gasteiger partial charge in [0, 0.05) is 12.1 Å². The van der Waals surface area contributed by atoms with Gasteiger partial charge in [-0.1, -0.05) is 32.0 Å². The smallest absolute Gasteiger partial charge is 0.387 e. The van der Waals surface area contributed by atoms with E-state index < -0.39 is 6.61 Å². The summed E-state index contributed by atoms with van der Waals surface area (Å²) in [5.74, 6) is 0.489. The van der Waals surface area contributed by atoms with Crippen LogP contribution in [0.25, 0.3) is 0 Å². The standard InChI is InChI=1S/C20H23F2NO3/c1-13(2)15-5-7-16(8-6-15)19(24)23-11-10-14-4-9-17(26-20(21)22)18(12-14)25-3/h4-9,12-13,20H,10-11H2,1-3H3,(H,23,24). The molecule has 6 heteroatoms. The van der Waals surface area contributed by atoms with Gasteiger partial charge in [0.2, 0.25) is 0 Å². The van der Waals surface area contributed by atoms with E-state index >= 15 is 0 Å². The first-order valence-electron chi connectivity index (χ1n) is 8.40. The highest BCUT2D eigenvalue weighted by atomic mass is 19.3. The SMILES string of the molecule is COc1cc(CCNC(=O)c2ccc(C(C)C)cc2)ccc1OC(F)F. The summed E-state index contributed by atoms with van der Waals surface area (Å²) in [6, 6.07) is 12.3. The molecule has 140 valence electrons. The molecule has 0 unspecified atom stereocenters. The van der Waals surface area contributed by atoms with E-state index in [0.717, 1.165) is 5.56 Å². The summed E-state index contributed by atoms with van der Waals surface area (Å²) in [6.07, 6.45) is 0.543. The maximum atomic E-state index is 12.3. The van der Waals surface area contributed by atoms with Gasteiger partial charge >= 0.3 is 6.61 Å². The van der Waals surface area contributed by atoms with Crippen molar-refractivity contribution in [2.24, 2.45) is 0 Å². The van der Waals surface area contributed by atoms with Crippen molar-refractivity contribution in [2.45, 2.75) is 32.8 Å². The zero-order valence-corrected chi connectivity index (χ0v) is 15.1. The van der Waals surface area contributed by atoms with Crippen LogP contribution in [0, 0.1) is 0 Å². The predicted octanol–water partition coefficient (Wildman–Crippen LogP) is 4.39. The molecule has 2 rings (SSSR count). The molecule has 0 bridgehead atoms. The Morgan fingerprint density at radius 1 is 1.08 bits per heavy atom. The van der Waals surface area contributed by atoms with Gasteiger partial charge in [0.1, 0.15) is 0 Å². The minimum Gasteiger partial charge on any atom is -0.493 e. The second-order valence-corrected chi connectivity index (χ2v) is 6.15. The molecule has 0 radical (unpaired) electrons. The predicted molar refractivity (Wildman–Crippen MR) is 96.2 cm³/mol. The molecule has 0 fully saturated rings. The van der Waals surface area contributed by atoms with Gasteiger partial charge in [-0.25, -0.2) is 0 Å². The summed E-state index contributed by atoms with van der Waals surface area (Å²) in [7, 11) is 1.39. The first-order valence-corrected chi connectivity index (χ1v) is 8.40. The summed E-state index contributed by atoms with van der Waals surface area (Å²) in [5.41, 5.74) is 2.63. The van der Waals surface area contributed by atoms with Crippen LogP contribution < -0.4 is 14.8 Å². The normalized spacial score (nSPS) is 10.9. The molecule has 0 atom stereocenters. The highest BCUT2D eigenvalue weighted by molar-refractivity contribution is 5.94. The molecule has 0 spiro atoms. The van der Waals surface area contributed by atoms with Crippen LogP contribution in [-0.2, 0) is 6.42 Å². The number of carbonyl (C=O) groups excluding carboxylic acids is 1.